The minimum Gasteiger partial charge on any atom is -0.399 e. The number of aryl methyl sites for hydroxylation is 1. The van der Waals surface area contributed by atoms with E-state index in [0.29, 0.717) is 5.56 Å². The molecule has 0 bridgehead atoms. The fourth-order valence-electron chi connectivity index (χ4n) is 2.24. The zero-order chi connectivity index (χ0) is 16.2. The highest BCUT2D eigenvalue weighted by Crippen LogP contribution is 2.36. The van der Waals surface area contributed by atoms with E-state index in [0.717, 1.165) is 12.3 Å². The standard InChI is InChI=1S/C14H20BFO4S/c1-9-7-10(11(16)8-12(9)21(6,17)18)15-19-13(2,3)14(4,5)20-15/h7-8H,1-6H3. The predicted octanol–water partition coefficient (Wildman–Crippen LogP) is 1.84. The SMILES string of the molecule is Cc1cc(B2OC(C)(C)C(C)(C)O2)c(F)cc1S(C)(=O)=O. The van der Waals surface area contributed by atoms with Crippen molar-refractivity contribution in [3.8, 4) is 0 Å². The second-order valence-corrected chi connectivity index (χ2v) is 8.48. The quantitative estimate of drug-likeness (QED) is 0.782. The smallest absolute Gasteiger partial charge is 0.399 e. The van der Waals surface area contributed by atoms with Crippen LogP contribution in [0.25, 0.3) is 0 Å². The van der Waals surface area contributed by atoms with Crippen molar-refractivity contribution < 1.29 is 22.1 Å². The molecular formula is C14H20BFO4S. The lowest BCUT2D eigenvalue weighted by molar-refractivity contribution is 0.00578. The van der Waals surface area contributed by atoms with E-state index in [1.54, 1.807) is 6.92 Å². The van der Waals surface area contributed by atoms with E-state index in [1.807, 2.05) is 27.7 Å². The highest BCUT2D eigenvalue weighted by molar-refractivity contribution is 7.90. The van der Waals surface area contributed by atoms with Crippen LogP contribution in [0.2, 0.25) is 0 Å². The summed E-state index contributed by atoms with van der Waals surface area (Å²) in [5, 5.41) is 0. The van der Waals surface area contributed by atoms with E-state index < -0.39 is 34.0 Å². The molecule has 1 fully saturated rings. The van der Waals surface area contributed by atoms with Crippen LogP contribution in [0.4, 0.5) is 4.39 Å². The van der Waals surface area contributed by atoms with Gasteiger partial charge >= 0.3 is 7.12 Å². The van der Waals surface area contributed by atoms with Crippen LogP contribution in [0.15, 0.2) is 17.0 Å². The summed E-state index contributed by atoms with van der Waals surface area (Å²) in [6.45, 7) is 9.14. The summed E-state index contributed by atoms with van der Waals surface area (Å²) in [5.41, 5.74) is -0.455. The highest BCUT2D eigenvalue weighted by atomic mass is 32.2. The lowest BCUT2D eigenvalue weighted by Crippen LogP contribution is -2.41. The first-order valence-corrected chi connectivity index (χ1v) is 8.60. The summed E-state index contributed by atoms with van der Waals surface area (Å²) in [4.78, 5) is -0.0136. The molecule has 7 heteroatoms. The Morgan fingerprint density at radius 1 is 1.10 bits per heavy atom. The molecule has 1 aromatic rings. The van der Waals surface area contributed by atoms with E-state index in [-0.39, 0.29) is 10.4 Å². The van der Waals surface area contributed by atoms with Crippen LogP contribution in [-0.4, -0.2) is 33.0 Å². The van der Waals surface area contributed by atoms with Crippen molar-refractivity contribution in [3.63, 3.8) is 0 Å². The van der Waals surface area contributed by atoms with Gasteiger partial charge < -0.3 is 9.31 Å². The fraction of sp³-hybridized carbons (Fsp3) is 0.571. The lowest BCUT2D eigenvalue weighted by Gasteiger charge is -2.32. The molecule has 21 heavy (non-hydrogen) atoms. The minimum absolute atomic E-state index is 0.0136. The molecule has 0 N–H and O–H groups in total. The lowest BCUT2D eigenvalue weighted by atomic mass is 9.78. The largest absolute Gasteiger partial charge is 0.497 e. The number of benzene rings is 1. The molecule has 1 aromatic carbocycles. The third-order valence-electron chi connectivity index (χ3n) is 4.20. The van der Waals surface area contributed by atoms with Crippen LogP contribution in [0.3, 0.4) is 0 Å². The summed E-state index contributed by atoms with van der Waals surface area (Å²) in [6.07, 6.45) is 1.06. The molecule has 0 saturated carbocycles. The van der Waals surface area contributed by atoms with E-state index in [2.05, 4.69) is 0 Å². The average molecular weight is 314 g/mol. The Hall–Kier alpha value is -0.915. The van der Waals surface area contributed by atoms with E-state index in [4.69, 9.17) is 9.31 Å². The van der Waals surface area contributed by atoms with Gasteiger partial charge in [-0.05, 0) is 46.2 Å². The molecule has 1 aliphatic rings. The molecule has 0 radical (unpaired) electrons. The number of sulfone groups is 1. The van der Waals surface area contributed by atoms with Crippen molar-refractivity contribution in [1.82, 2.24) is 0 Å². The van der Waals surface area contributed by atoms with Crippen LogP contribution in [-0.2, 0) is 19.1 Å². The third-order valence-corrected chi connectivity index (χ3v) is 5.44. The van der Waals surface area contributed by atoms with Crippen LogP contribution >= 0.6 is 0 Å². The molecule has 0 aliphatic carbocycles. The first kappa shape index (κ1) is 16.5. The van der Waals surface area contributed by atoms with E-state index in [9.17, 15) is 12.8 Å². The maximum atomic E-state index is 14.3. The van der Waals surface area contributed by atoms with Gasteiger partial charge in [-0.2, -0.15) is 0 Å². The normalized spacial score (nSPS) is 20.8. The molecule has 4 nitrogen and oxygen atoms in total. The highest BCUT2D eigenvalue weighted by Gasteiger charge is 2.52. The second-order valence-electron chi connectivity index (χ2n) is 6.50. The van der Waals surface area contributed by atoms with Gasteiger partial charge in [-0.25, -0.2) is 12.8 Å². The maximum Gasteiger partial charge on any atom is 0.497 e. The number of rotatable bonds is 2. The summed E-state index contributed by atoms with van der Waals surface area (Å²) in [6, 6.07) is 2.51. The van der Waals surface area contributed by atoms with Crippen molar-refractivity contribution in [3.05, 3.63) is 23.5 Å². The molecule has 116 valence electrons. The zero-order valence-corrected chi connectivity index (χ0v) is 14.0. The maximum absolute atomic E-state index is 14.3. The molecule has 1 aliphatic heterocycles. The molecule has 0 amide bonds. The first-order valence-electron chi connectivity index (χ1n) is 6.71. The van der Waals surface area contributed by atoms with E-state index in [1.165, 1.54) is 6.07 Å². The van der Waals surface area contributed by atoms with Crippen molar-refractivity contribution in [2.75, 3.05) is 6.26 Å². The molecule has 2 rings (SSSR count). The third kappa shape index (κ3) is 2.87. The van der Waals surface area contributed by atoms with Gasteiger partial charge in [0, 0.05) is 11.7 Å². The van der Waals surface area contributed by atoms with Gasteiger partial charge in [0.2, 0.25) is 0 Å². The van der Waals surface area contributed by atoms with Crippen molar-refractivity contribution >= 4 is 22.4 Å². The van der Waals surface area contributed by atoms with E-state index >= 15 is 0 Å². The first-order chi connectivity index (χ1) is 9.35. The number of halogens is 1. The second kappa shape index (κ2) is 4.79. The van der Waals surface area contributed by atoms with Crippen LogP contribution in [0.1, 0.15) is 33.3 Å². The fourth-order valence-corrected chi connectivity index (χ4v) is 3.20. The molecule has 0 aromatic heterocycles. The molecule has 1 heterocycles. The number of hydrogen-bond acceptors (Lipinski definition) is 4. The summed E-state index contributed by atoms with van der Waals surface area (Å²) >= 11 is 0. The zero-order valence-electron chi connectivity index (χ0n) is 13.2. The molecule has 0 spiro atoms. The van der Waals surface area contributed by atoms with Gasteiger partial charge in [-0.1, -0.05) is 6.07 Å². The van der Waals surface area contributed by atoms with Gasteiger partial charge in [0.05, 0.1) is 16.1 Å². The van der Waals surface area contributed by atoms with Crippen LogP contribution in [0, 0.1) is 12.7 Å². The summed E-state index contributed by atoms with van der Waals surface area (Å²) in [7, 11) is -4.31. The van der Waals surface area contributed by atoms with Gasteiger partial charge in [0.15, 0.2) is 9.84 Å². The van der Waals surface area contributed by atoms with Gasteiger partial charge in [-0.3, -0.25) is 0 Å². The molecule has 0 unspecified atom stereocenters. The minimum atomic E-state index is -3.46. The topological polar surface area (TPSA) is 52.6 Å². The van der Waals surface area contributed by atoms with Gasteiger partial charge in [-0.15, -0.1) is 0 Å². The predicted molar refractivity (Wildman–Crippen MR) is 80.0 cm³/mol. The Bertz CT molecular complexity index is 666. The van der Waals surface area contributed by atoms with Crippen molar-refractivity contribution in [2.24, 2.45) is 0 Å². The van der Waals surface area contributed by atoms with Crippen LogP contribution in [0.5, 0.6) is 0 Å². The average Bonchev–Trinajstić information content (AvgIpc) is 2.49. The molecular weight excluding hydrogens is 294 g/mol. The van der Waals surface area contributed by atoms with Crippen molar-refractivity contribution in [1.29, 1.82) is 0 Å². The molecule has 0 atom stereocenters. The Morgan fingerprint density at radius 2 is 1.57 bits per heavy atom. The summed E-state index contributed by atoms with van der Waals surface area (Å²) in [5.74, 6) is -0.639. The Kier molecular flexibility index (Phi) is 3.76. The summed E-state index contributed by atoms with van der Waals surface area (Å²) < 4.78 is 49.1. The Balaban J connectivity index is 2.47. The van der Waals surface area contributed by atoms with Gasteiger partial charge in [0.1, 0.15) is 5.82 Å². The monoisotopic (exact) mass is 314 g/mol. The van der Waals surface area contributed by atoms with Crippen molar-refractivity contribution in [2.45, 2.75) is 50.7 Å². The Morgan fingerprint density at radius 3 is 2.00 bits per heavy atom. The van der Waals surface area contributed by atoms with Crippen LogP contribution < -0.4 is 5.46 Å². The Labute approximate surface area is 125 Å². The number of hydrogen-bond donors (Lipinski definition) is 0. The molecule has 1 saturated heterocycles. The van der Waals surface area contributed by atoms with Gasteiger partial charge in [0.25, 0.3) is 0 Å².